The Morgan fingerprint density at radius 1 is 1.03 bits per heavy atom. The fourth-order valence-electron chi connectivity index (χ4n) is 5.34. The summed E-state index contributed by atoms with van der Waals surface area (Å²) in [5.74, 6) is -0.952. The molecule has 2 aromatic rings. The number of nitrogens with zero attached hydrogens (tertiary/aromatic N) is 1. The topological polar surface area (TPSA) is 95.9 Å². The molecule has 0 bridgehead atoms. The van der Waals surface area contributed by atoms with Gasteiger partial charge in [0.25, 0.3) is 0 Å². The molecule has 1 heterocycles. The molecule has 1 saturated heterocycles. The summed E-state index contributed by atoms with van der Waals surface area (Å²) in [6.45, 7) is 3.11. The average molecular weight is 449 g/mol. The van der Waals surface area contributed by atoms with Crippen LogP contribution in [0.15, 0.2) is 48.5 Å². The van der Waals surface area contributed by atoms with E-state index < -0.39 is 17.6 Å². The van der Waals surface area contributed by atoms with E-state index in [-0.39, 0.29) is 36.7 Å². The van der Waals surface area contributed by atoms with Crippen molar-refractivity contribution in [1.82, 2.24) is 10.2 Å². The van der Waals surface area contributed by atoms with Crippen molar-refractivity contribution in [2.45, 2.75) is 37.6 Å². The van der Waals surface area contributed by atoms with Gasteiger partial charge in [0.05, 0.1) is 6.42 Å². The van der Waals surface area contributed by atoms with Crippen LogP contribution in [0.5, 0.6) is 0 Å². The van der Waals surface area contributed by atoms with Crippen molar-refractivity contribution in [1.29, 1.82) is 0 Å². The lowest BCUT2D eigenvalue weighted by Gasteiger charge is -2.24. The molecule has 172 valence electrons. The average Bonchev–Trinajstić information content (AvgIpc) is 3.39. The largest absolute Gasteiger partial charge is 0.481 e. The van der Waals surface area contributed by atoms with E-state index in [9.17, 15) is 14.4 Å². The number of benzene rings is 2. The molecule has 2 unspecified atom stereocenters. The number of amides is 2. The molecule has 7 nitrogen and oxygen atoms in total. The molecule has 0 radical (unpaired) electrons. The van der Waals surface area contributed by atoms with Crippen LogP contribution in [0.25, 0.3) is 11.1 Å². The quantitative estimate of drug-likeness (QED) is 0.704. The molecule has 2 aromatic carbocycles. The molecule has 0 spiro atoms. The van der Waals surface area contributed by atoms with Gasteiger partial charge in [0.2, 0.25) is 5.91 Å². The van der Waals surface area contributed by atoms with Gasteiger partial charge in [-0.1, -0.05) is 55.5 Å². The van der Waals surface area contributed by atoms with Gasteiger partial charge in [-0.25, -0.2) is 4.79 Å². The van der Waals surface area contributed by atoms with Gasteiger partial charge in [0.1, 0.15) is 12.1 Å². The molecule has 1 aliphatic heterocycles. The minimum atomic E-state index is -0.916. The highest BCUT2D eigenvalue weighted by Gasteiger charge is 2.55. The van der Waals surface area contributed by atoms with E-state index in [0.29, 0.717) is 25.9 Å². The van der Waals surface area contributed by atoms with Crippen LogP contribution < -0.4 is 5.32 Å². The van der Waals surface area contributed by atoms with Crippen LogP contribution in [-0.2, 0) is 14.3 Å². The van der Waals surface area contributed by atoms with Crippen LogP contribution in [0, 0.1) is 11.8 Å². The molecule has 2 aliphatic carbocycles. The molecule has 7 heteroatoms. The maximum absolute atomic E-state index is 13.1. The van der Waals surface area contributed by atoms with E-state index in [4.69, 9.17) is 9.84 Å². The second-order valence-corrected chi connectivity index (χ2v) is 9.58. The van der Waals surface area contributed by atoms with Crippen molar-refractivity contribution in [3.63, 3.8) is 0 Å². The third-order valence-electron chi connectivity index (χ3n) is 7.34. The number of likely N-dealkylation sites (tertiary alicyclic amines) is 1. The summed E-state index contributed by atoms with van der Waals surface area (Å²) in [7, 11) is 0. The molecular weight excluding hydrogens is 420 g/mol. The molecule has 0 aromatic heterocycles. The van der Waals surface area contributed by atoms with E-state index in [0.717, 1.165) is 22.3 Å². The Morgan fingerprint density at radius 2 is 1.64 bits per heavy atom. The predicted octanol–water partition coefficient (Wildman–Crippen LogP) is 3.63. The van der Waals surface area contributed by atoms with Crippen molar-refractivity contribution < 1.29 is 24.2 Å². The van der Waals surface area contributed by atoms with Gasteiger partial charge in [0.15, 0.2) is 0 Å². The summed E-state index contributed by atoms with van der Waals surface area (Å²) in [6, 6.07) is 16.3. The number of hydrogen-bond acceptors (Lipinski definition) is 4. The molecule has 2 atom stereocenters. The lowest BCUT2D eigenvalue weighted by Crippen LogP contribution is -2.50. The number of carboxylic acid groups (broad SMARTS) is 1. The second-order valence-electron chi connectivity index (χ2n) is 9.58. The minimum Gasteiger partial charge on any atom is -0.481 e. The first-order valence-corrected chi connectivity index (χ1v) is 11.5. The SMILES string of the molecule is CC1CN(C(=O)C2(NC(=O)OCC3c4ccccc4-c4ccccc43)CC2)CC1CC(=O)O. The van der Waals surface area contributed by atoms with E-state index >= 15 is 0 Å². The monoisotopic (exact) mass is 448 g/mol. The van der Waals surface area contributed by atoms with Crippen LogP contribution in [0.1, 0.15) is 43.2 Å². The highest BCUT2D eigenvalue weighted by Crippen LogP contribution is 2.45. The number of fused-ring (bicyclic) bond motifs is 3. The fraction of sp³-hybridized carbons (Fsp3) is 0.423. The fourth-order valence-corrected chi connectivity index (χ4v) is 5.34. The van der Waals surface area contributed by atoms with Crippen LogP contribution >= 0.6 is 0 Å². The maximum atomic E-state index is 13.1. The summed E-state index contributed by atoms with van der Waals surface area (Å²) in [5, 5.41) is 11.9. The molecule has 2 fully saturated rings. The first-order valence-electron chi connectivity index (χ1n) is 11.5. The van der Waals surface area contributed by atoms with Crippen molar-refractivity contribution in [2.24, 2.45) is 11.8 Å². The van der Waals surface area contributed by atoms with Crippen molar-refractivity contribution in [2.75, 3.05) is 19.7 Å². The highest BCUT2D eigenvalue weighted by atomic mass is 16.5. The number of aliphatic carboxylic acids is 1. The summed E-state index contributed by atoms with van der Waals surface area (Å²) >= 11 is 0. The van der Waals surface area contributed by atoms with Crippen LogP contribution in [-0.4, -0.2) is 53.2 Å². The molecule has 5 rings (SSSR count). The first kappa shape index (κ1) is 21.5. The van der Waals surface area contributed by atoms with E-state index in [1.165, 1.54) is 0 Å². The Morgan fingerprint density at radius 3 is 2.21 bits per heavy atom. The van der Waals surface area contributed by atoms with Crippen molar-refractivity contribution in [3.05, 3.63) is 59.7 Å². The van der Waals surface area contributed by atoms with Gasteiger partial charge in [-0.3, -0.25) is 9.59 Å². The first-order chi connectivity index (χ1) is 15.9. The third kappa shape index (κ3) is 3.96. The number of carbonyl (C=O) groups is 3. The van der Waals surface area contributed by atoms with Crippen molar-refractivity contribution in [3.8, 4) is 11.1 Å². The van der Waals surface area contributed by atoms with Gasteiger partial charge >= 0.3 is 12.1 Å². The standard InChI is InChI=1S/C26H28N2O5/c1-16-13-28(14-17(16)12-23(29)30)24(31)26(10-11-26)27-25(32)33-15-22-20-8-4-2-6-18(20)19-7-3-5-9-21(19)22/h2-9,16-17,22H,10-15H2,1H3,(H,27,32)(H,29,30). The van der Waals surface area contributed by atoms with E-state index in [1.807, 2.05) is 31.2 Å². The number of carbonyl (C=O) groups excluding carboxylic acids is 2. The zero-order valence-electron chi connectivity index (χ0n) is 18.6. The number of nitrogens with one attached hydrogen (secondary N) is 1. The van der Waals surface area contributed by atoms with Gasteiger partial charge in [-0.15, -0.1) is 0 Å². The van der Waals surface area contributed by atoms with Gasteiger partial charge in [0, 0.05) is 19.0 Å². The lowest BCUT2D eigenvalue weighted by atomic mass is 9.95. The normalized spacial score (nSPS) is 22.4. The number of ether oxygens (including phenoxy) is 1. The summed E-state index contributed by atoms with van der Waals surface area (Å²) < 4.78 is 5.62. The molecular formula is C26H28N2O5. The molecule has 3 aliphatic rings. The summed E-state index contributed by atoms with van der Waals surface area (Å²) in [4.78, 5) is 38.6. The van der Waals surface area contributed by atoms with E-state index in [2.05, 4.69) is 29.6 Å². The zero-order valence-corrected chi connectivity index (χ0v) is 18.6. The number of alkyl carbamates (subject to hydrolysis) is 1. The Bertz CT molecular complexity index is 1060. The Labute approximate surface area is 192 Å². The number of carboxylic acids is 1. The van der Waals surface area contributed by atoms with Gasteiger partial charge < -0.3 is 20.1 Å². The minimum absolute atomic E-state index is 0.0368. The Hall–Kier alpha value is -3.35. The molecule has 2 amide bonds. The van der Waals surface area contributed by atoms with Crippen LogP contribution in [0.4, 0.5) is 4.79 Å². The molecule has 33 heavy (non-hydrogen) atoms. The van der Waals surface area contributed by atoms with Crippen LogP contribution in [0.3, 0.4) is 0 Å². The molecule has 1 saturated carbocycles. The van der Waals surface area contributed by atoms with Gasteiger partial charge in [-0.05, 0) is 46.9 Å². The number of hydrogen-bond donors (Lipinski definition) is 2. The molecule has 2 N–H and O–H groups in total. The summed E-state index contributed by atoms with van der Waals surface area (Å²) in [6.07, 6.45) is 0.615. The Kier molecular flexibility index (Phi) is 5.35. The Balaban J connectivity index is 1.22. The lowest BCUT2D eigenvalue weighted by molar-refractivity contribution is -0.139. The van der Waals surface area contributed by atoms with E-state index in [1.54, 1.807) is 4.90 Å². The maximum Gasteiger partial charge on any atom is 0.408 e. The smallest absolute Gasteiger partial charge is 0.408 e. The predicted molar refractivity (Wildman–Crippen MR) is 122 cm³/mol. The summed E-state index contributed by atoms with van der Waals surface area (Å²) in [5.41, 5.74) is 3.68. The third-order valence-corrected chi connectivity index (χ3v) is 7.34. The second kappa shape index (κ2) is 8.21. The van der Waals surface area contributed by atoms with Crippen LogP contribution in [0.2, 0.25) is 0 Å². The zero-order chi connectivity index (χ0) is 23.2. The van der Waals surface area contributed by atoms with Gasteiger partial charge in [-0.2, -0.15) is 0 Å². The number of rotatable bonds is 6. The highest BCUT2D eigenvalue weighted by molar-refractivity contribution is 5.93. The van der Waals surface area contributed by atoms with Crippen molar-refractivity contribution >= 4 is 18.0 Å².